The van der Waals surface area contributed by atoms with E-state index in [1.54, 1.807) is 0 Å². The second-order valence-corrected chi connectivity index (χ2v) is 3.25. The van der Waals surface area contributed by atoms with Crippen LogP contribution in [0.15, 0.2) is 10.9 Å². The molecule has 88 valence electrons. The number of methoxy groups -OCH3 is 1. The first-order chi connectivity index (χ1) is 7.45. The van der Waals surface area contributed by atoms with Crippen LogP contribution in [0.2, 0.25) is 0 Å². The van der Waals surface area contributed by atoms with Gasteiger partial charge in [0.15, 0.2) is 5.43 Å². The van der Waals surface area contributed by atoms with Crippen LogP contribution in [0.5, 0.6) is 0 Å². The molecular formula is C10H11F2NO3. The Morgan fingerprint density at radius 1 is 1.56 bits per heavy atom. The number of pyridine rings is 1. The number of nitrogens with one attached hydrogen (secondary N) is 1. The molecule has 0 saturated carbocycles. The molecule has 1 aromatic heterocycles. The van der Waals surface area contributed by atoms with E-state index in [-0.39, 0.29) is 17.7 Å². The van der Waals surface area contributed by atoms with Crippen LogP contribution < -0.4 is 5.43 Å². The van der Waals surface area contributed by atoms with E-state index in [2.05, 4.69) is 9.72 Å². The van der Waals surface area contributed by atoms with Gasteiger partial charge in [-0.05, 0) is 6.92 Å². The number of alkyl halides is 2. The fourth-order valence-corrected chi connectivity index (χ4v) is 1.21. The van der Waals surface area contributed by atoms with Crippen molar-refractivity contribution in [3.05, 3.63) is 33.2 Å². The first-order valence-electron chi connectivity index (χ1n) is 4.53. The summed E-state index contributed by atoms with van der Waals surface area (Å²) in [5.74, 6) is -0.592. The highest BCUT2D eigenvalue weighted by molar-refractivity contribution is 5.72. The minimum Gasteiger partial charge on any atom is -0.469 e. The summed E-state index contributed by atoms with van der Waals surface area (Å²) in [5.41, 5.74) is -0.605. The van der Waals surface area contributed by atoms with E-state index in [9.17, 15) is 18.4 Å². The molecule has 4 nitrogen and oxygen atoms in total. The Morgan fingerprint density at radius 3 is 2.69 bits per heavy atom. The van der Waals surface area contributed by atoms with Crippen LogP contribution in [0.1, 0.15) is 23.4 Å². The lowest BCUT2D eigenvalue weighted by atomic mass is 10.1. The second-order valence-electron chi connectivity index (χ2n) is 3.25. The maximum absolute atomic E-state index is 12.4. The number of aromatic amines is 1. The molecule has 0 aliphatic carbocycles. The minimum atomic E-state index is -2.77. The van der Waals surface area contributed by atoms with Crippen LogP contribution >= 0.6 is 0 Å². The topological polar surface area (TPSA) is 59.2 Å². The molecule has 0 atom stereocenters. The first-order valence-corrected chi connectivity index (χ1v) is 4.53. The lowest BCUT2D eigenvalue weighted by molar-refractivity contribution is -0.139. The van der Waals surface area contributed by atoms with Gasteiger partial charge in [-0.1, -0.05) is 0 Å². The van der Waals surface area contributed by atoms with Crippen molar-refractivity contribution in [2.75, 3.05) is 7.11 Å². The molecule has 0 unspecified atom stereocenters. The van der Waals surface area contributed by atoms with Crippen LogP contribution in [0, 0.1) is 6.92 Å². The molecule has 1 rings (SSSR count). The smallest absolute Gasteiger partial charge is 0.311 e. The molecule has 1 N–H and O–H groups in total. The van der Waals surface area contributed by atoms with Gasteiger partial charge in [-0.2, -0.15) is 0 Å². The van der Waals surface area contributed by atoms with Crippen molar-refractivity contribution in [3.8, 4) is 0 Å². The number of rotatable bonds is 3. The third-order valence-corrected chi connectivity index (χ3v) is 2.19. The van der Waals surface area contributed by atoms with Gasteiger partial charge in [0.2, 0.25) is 0 Å². The molecule has 16 heavy (non-hydrogen) atoms. The highest BCUT2D eigenvalue weighted by atomic mass is 19.3. The van der Waals surface area contributed by atoms with Gasteiger partial charge < -0.3 is 9.72 Å². The van der Waals surface area contributed by atoms with Gasteiger partial charge >= 0.3 is 5.97 Å². The summed E-state index contributed by atoms with van der Waals surface area (Å²) in [6.45, 7) is 1.46. The summed E-state index contributed by atoms with van der Waals surface area (Å²) in [6, 6.07) is 0.834. The van der Waals surface area contributed by atoms with Crippen molar-refractivity contribution in [2.24, 2.45) is 0 Å². The fraction of sp³-hybridized carbons (Fsp3) is 0.400. The molecule has 0 aromatic carbocycles. The zero-order valence-electron chi connectivity index (χ0n) is 8.84. The average Bonchev–Trinajstić information content (AvgIpc) is 2.23. The molecule has 1 heterocycles. The van der Waals surface area contributed by atoms with E-state index < -0.39 is 23.5 Å². The molecule has 0 radical (unpaired) electrons. The highest BCUT2D eigenvalue weighted by Crippen LogP contribution is 2.16. The van der Waals surface area contributed by atoms with Crippen LogP contribution in [0.4, 0.5) is 8.78 Å². The van der Waals surface area contributed by atoms with Gasteiger partial charge in [0.25, 0.3) is 6.43 Å². The lowest BCUT2D eigenvalue weighted by Crippen LogP contribution is -2.16. The van der Waals surface area contributed by atoms with E-state index in [0.29, 0.717) is 0 Å². The number of carbonyl (C=O) groups excluding carboxylic acids is 1. The zero-order chi connectivity index (χ0) is 12.3. The van der Waals surface area contributed by atoms with Gasteiger partial charge in [0.1, 0.15) is 0 Å². The predicted octanol–water partition coefficient (Wildman–Crippen LogP) is 1.34. The third-order valence-electron chi connectivity index (χ3n) is 2.19. The molecule has 0 fully saturated rings. The molecular weight excluding hydrogens is 220 g/mol. The molecule has 1 aromatic rings. The van der Waals surface area contributed by atoms with Crippen molar-refractivity contribution >= 4 is 5.97 Å². The van der Waals surface area contributed by atoms with E-state index >= 15 is 0 Å². The number of H-pyrrole nitrogens is 1. The van der Waals surface area contributed by atoms with Crippen LogP contribution in [-0.2, 0) is 16.0 Å². The van der Waals surface area contributed by atoms with E-state index in [1.807, 2.05) is 0 Å². The van der Waals surface area contributed by atoms with E-state index in [4.69, 9.17) is 0 Å². The zero-order valence-corrected chi connectivity index (χ0v) is 8.84. The molecule has 6 heteroatoms. The quantitative estimate of drug-likeness (QED) is 0.798. The Kier molecular flexibility index (Phi) is 3.76. The van der Waals surface area contributed by atoms with Gasteiger partial charge in [-0.15, -0.1) is 0 Å². The summed E-state index contributed by atoms with van der Waals surface area (Å²) in [7, 11) is 1.19. The molecule has 0 aliphatic rings. The number of hydrogen-bond acceptors (Lipinski definition) is 3. The Balaban J connectivity index is 3.17. The molecule has 0 aliphatic heterocycles. The Morgan fingerprint density at radius 2 is 2.19 bits per heavy atom. The molecule has 0 bridgehead atoms. The number of hydrogen-bond donors (Lipinski definition) is 1. The van der Waals surface area contributed by atoms with Gasteiger partial charge in [-0.3, -0.25) is 9.59 Å². The summed E-state index contributed by atoms with van der Waals surface area (Å²) in [5, 5.41) is 0. The van der Waals surface area contributed by atoms with Gasteiger partial charge in [-0.25, -0.2) is 8.78 Å². The standard InChI is InChI=1S/C10H11F2NO3/c1-5-6(4-9(15)16-2)13-7(10(11)12)3-8(5)14/h3,10H,4H2,1-2H3,(H,13,14). The minimum absolute atomic E-state index is 0.162. The van der Waals surface area contributed by atoms with E-state index in [0.717, 1.165) is 6.07 Å². The molecule has 0 saturated heterocycles. The monoisotopic (exact) mass is 231 g/mol. The highest BCUT2D eigenvalue weighted by Gasteiger charge is 2.14. The number of ether oxygens (including phenoxy) is 1. The van der Waals surface area contributed by atoms with Gasteiger partial charge in [0, 0.05) is 17.3 Å². The second kappa shape index (κ2) is 4.87. The van der Waals surface area contributed by atoms with E-state index in [1.165, 1.54) is 14.0 Å². The van der Waals surface area contributed by atoms with Crippen LogP contribution in [0.3, 0.4) is 0 Å². The van der Waals surface area contributed by atoms with Crippen molar-refractivity contribution in [3.63, 3.8) is 0 Å². The largest absolute Gasteiger partial charge is 0.469 e. The average molecular weight is 231 g/mol. The SMILES string of the molecule is COC(=O)Cc1[nH]c(C(F)F)cc(=O)c1C. The normalized spacial score (nSPS) is 10.6. The summed E-state index contributed by atoms with van der Waals surface area (Å²) < 4.78 is 29.2. The Hall–Kier alpha value is -1.72. The number of aromatic nitrogens is 1. The molecule has 0 amide bonds. The third kappa shape index (κ3) is 2.65. The fourth-order valence-electron chi connectivity index (χ4n) is 1.21. The Bertz CT molecular complexity index is 454. The van der Waals surface area contributed by atoms with Crippen molar-refractivity contribution in [1.82, 2.24) is 4.98 Å². The van der Waals surface area contributed by atoms with Gasteiger partial charge in [0.05, 0.1) is 19.2 Å². The summed E-state index contributed by atoms with van der Waals surface area (Å²) in [6.07, 6.45) is -3.00. The summed E-state index contributed by atoms with van der Waals surface area (Å²) in [4.78, 5) is 24.7. The lowest BCUT2D eigenvalue weighted by Gasteiger charge is -2.07. The van der Waals surface area contributed by atoms with Crippen molar-refractivity contribution < 1.29 is 18.3 Å². The number of esters is 1. The number of carbonyl (C=O) groups is 1. The van der Waals surface area contributed by atoms with Crippen LogP contribution in [0.25, 0.3) is 0 Å². The summed E-state index contributed by atoms with van der Waals surface area (Å²) >= 11 is 0. The maximum Gasteiger partial charge on any atom is 0.311 e. The van der Waals surface area contributed by atoms with Crippen molar-refractivity contribution in [1.29, 1.82) is 0 Å². The molecule has 0 spiro atoms. The predicted molar refractivity (Wildman–Crippen MR) is 52.5 cm³/mol. The number of halogens is 2. The Labute approximate surface area is 90.2 Å². The van der Waals surface area contributed by atoms with Crippen molar-refractivity contribution in [2.45, 2.75) is 19.8 Å². The van der Waals surface area contributed by atoms with Crippen LogP contribution in [-0.4, -0.2) is 18.1 Å². The first kappa shape index (κ1) is 12.4. The maximum atomic E-state index is 12.4.